The first-order chi connectivity index (χ1) is 13.3. The smallest absolute Gasteiger partial charge is 0.305 e. The molecule has 0 aliphatic heterocycles. The molecule has 0 aromatic heterocycles. The highest BCUT2D eigenvalue weighted by molar-refractivity contribution is 5.69. The number of esters is 1. The predicted molar refractivity (Wildman–Crippen MR) is 110 cm³/mol. The van der Waals surface area contributed by atoms with Crippen LogP contribution in [-0.2, 0) is 23.7 Å². The number of hydrogen-bond donors (Lipinski definition) is 0. The average Bonchev–Trinajstić information content (AvgIpc) is 2.67. The normalized spacial score (nSPS) is 11.0. The highest BCUT2D eigenvalue weighted by atomic mass is 16.6. The molecule has 0 atom stereocenters. The Kier molecular flexibility index (Phi) is 22.8. The van der Waals surface area contributed by atoms with E-state index in [1.807, 2.05) is 0 Å². The van der Waals surface area contributed by atoms with E-state index in [9.17, 15) is 4.79 Å². The maximum Gasteiger partial charge on any atom is 0.305 e. The van der Waals surface area contributed by atoms with Crippen LogP contribution in [0.1, 0.15) is 90.9 Å². The van der Waals surface area contributed by atoms with Gasteiger partial charge in [-0.25, -0.2) is 0 Å². The zero-order valence-electron chi connectivity index (χ0n) is 18.0. The molecule has 5 heteroatoms. The van der Waals surface area contributed by atoms with Gasteiger partial charge in [0.25, 0.3) is 0 Å². The fourth-order valence-corrected chi connectivity index (χ4v) is 2.69. The van der Waals surface area contributed by atoms with Crippen LogP contribution in [0.3, 0.4) is 0 Å². The summed E-state index contributed by atoms with van der Waals surface area (Å²) in [7, 11) is 0. The molecule has 0 rings (SSSR count). The van der Waals surface area contributed by atoms with E-state index in [1.165, 1.54) is 51.4 Å². The number of carbonyl (C=O) groups excluding carboxylic acids is 1. The lowest BCUT2D eigenvalue weighted by Gasteiger charge is -2.08. The van der Waals surface area contributed by atoms with Crippen molar-refractivity contribution in [1.82, 2.24) is 0 Å². The summed E-state index contributed by atoms with van der Waals surface area (Å²) in [5.74, 6) is -0.114. The van der Waals surface area contributed by atoms with E-state index >= 15 is 0 Å². The minimum Gasteiger partial charge on any atom is -0.463 e. The Hall–Kier alpha value is -0.650. The largest absolute Gasteiger partial charge is 0.463 e. The Morgan fingerprint density at radius 2 is 0.963 bits per heavy atom. The molecule has 27 heavy (non-hydrogen) atoms. The van der Waals surface area contributed by atoms with Gasteiger partial charge in [-0.1, -0.05) is 71.6 Å². The van der Waals surface area contributed by atoms with Crippen molar-refractivity contribution in [1.29, 1.82) is 0 Å². The van der Waals surface area contributed by atoms with Crippen molar-refractivity contribution >= 4 is 5.97 Å². The molecule has 0 bridgehead atoms. The SMILES string of the molecule is CCCCCCCCC(=O)OCCOCCOCCOCCCCCCC. The minimum absolute atomic E-state index is 0.114. The van der Waals surface area contributed by atoms with Gasteiger partial charge in [0, 0.05) is 13.0 Å². The summed E-state index contributed by atoms with van der Waals surface area (Å²) in [6.07, 6.45) is 13.9. The molecule has 0 aliphatic carbocycles. The molecule has 0 aromatic carbocycles. The summed E-state index contributed by atoms with van der Waals surface area (Å²) in [6.45, 7) is 8.33. The van der Waals surface area contributed by atoms with Gasteiger partial charge >= 0.3 is 5.97 Å². The molecule has 0 radical (unpaired) electrons. The Bertz CT molecular complexity index is 296. The van der Waals surface area contributed by atoms with Gasteiger partial charge in [0.1, 0.15) is 6.61 Å². The van der Waals surface area contributed by atoms with Crippen LogP contribution >= 0.6 is 0 Å². The first kappa shape index (κ1) is 26.4. The highest BCUT2D eigenvalue weighted by Gasteiger charge is 2.02. The predicted octanol–water partition coefficient (Wildman–Crippen LogP) is 5.30. The van der Waals surface area contributed by atoms with E-state index in [4.69, 9.17) is 18.9 Å². The number of hydrogen-bond acceptors (Lipinski definition) is 5. The quantitative estimate of drug-likeness (QED) is 0.186. The molecule has 5 nitrogen and oxygen atoms in total. The van der Waals surface area contributed by atoms with Crippen LogP contribution < -0.4 is 0 Å². The van der Waals surface area contributed by atoms with Crippen molar-refractivity contribution in [2.75, 3.05) is 46.2 Å². The van der Waals surface area contributed by atoms with Crippen molar-refractivity contribution < 1.29 is 23.7 Å². The van der Waals surface area contributed by atoms with Crippen molar-refractivity contribution in [2.24, 2.45) is 0 Å². The number of rotatable bonds is 22. The summed E-state index contributed by atoms with van der Waals surface area (Å²) < 4.78 is 21.5. The Balaban J connectivity index is 3.10. The van der Waals surface area contributed by atoms with Crippen molar-refractivity contribution in [3.8, 4) is 0 Å². The molecular weight excluding hydrogens is 344 g/mol. The van der Waals surface area contributed by atoms with Gasteiger partial charge in [0.2, 0.25) is 0 Å². The maximum absolute atomic E-state index is 11.5. The zero-order chi connectivity index (χ0) is 19.8. The van der Waals surface area contributed by atoms with Gasteiger partial charge in [-0.2, -0.15) is 0 Å². The molecule has 0 heterocycles. The summed E-state index contributed by atoms with van der Waals surface area (Å²) in [5, 5.41) is 0. The third kappa shape index (κ3) is 23.3. The maximum atomic E-state index is 11.5. The van der Waals surface area contributed by atoms with Gasteiger partial charge in [-0.05, 0) is 12.8 Å². The summed E-state index contributed by atoms with van der Waals surface area (Å²) in [4.78, 5) is 11.5. The van der Waals surface area contributed by atoms with Gasteiger partial charge in [0.05, 0.1) is 33.0 Å². The van der Waals surface area contributed by atoms with E-state index in [0.29, 0.717) is 46.1 Å². The standard InChI is InChI=1S/C22H44O5/c1-3-5-7-9-10-12-14-22(23)27-21-20-26-19-18-25-17-16-24-15-13-11-8-6-4-2/h3-21H2,1-2H3. The Morgan fingerprint density at radius 3 is 1.56 bits per heavy atom. The summed E-state index contributed by atoms with van der Waals surface area (Å²) in [5.41, 5.74) is 0. The molecule has 162 valence electrons. The second-order valence-electron chi connectivity index (χ2n) is 6.99. The highest BCUT2D eigenvalue weighted by Crippen LogP contribution is 2.07. The van der Waals surface area contributed by atoms with Crippen LogP contribution in [0.2, 0.25) is 0 Å². The second-order valence-corrected chi connectivity index (χ2v) is 6.99. The van der Waals surface area contributed by atoms with E-state index < -0.39 is 0 Å². The number of unbranched alkanes of at least 4 members (excludes halogenated alkanes) is 9. The molecule has 0 saturated heterocycles. The van der Waals surface area contributed by atoms with Crippen LogP contribution in [0.5, 0.6) is 0 Å². The number of ether oxygens (including phenoxy) is 4. The molecule has 0 spiro atoms. The molecule has 0 unspecified atom stereocenters. The van der Waals surface area contributed by atoms with E-state index in [1.54, 1.807) is 0 Å². The molecule has 0 amide bonds. The monoisotopic (exact) mass is 388 g/mol. The first-order valence-electron chi connectivity index (χ1n) is 11.2. The molecular formula is C22H44O5. The lowest BCUT2D eigenvalue weighted by Crippen LogP contribution is -2.14. The van der Waals surface area contributed by atoms with Gasteiger partial charge in [-0.15, -0.1) is 0 Å². The third-order valence-electron chi connectivity index (χ3n) is 4.36. The van der Waals surface area contributed by atoms with E-state index in [2.05, 4.69) is 13.8 Å². The van der Waals surface area contributed by atoms with Gasteiger partial charge in [-0.3, -0.25) is 4.79 Å². The number of carbonyl (C=O) groups is 1. The summed E-state index contributed by atoms with van der Waals surface area (Å²) in [6, 6.07) is 0. The fourth-order valence-electron chi connectivity index (χ4n) is 2.69. The van der Waals surface area contributed by atoms with Crippen molar-refractivity contribution in [3.63, 3.8) is 0 Å². The van der Waals surface area contributed by atoms with Crippen LogP contribution in [0.4, 0.5) is 0 Å². The molecule has 0 N–H and O–H groups in total. The van der Waals surface area contributed by atoms with E-state index in [-0.39, 0.29) is 5.97 Å². The van der Waals surface area contributed by atoms with Crippen LogP contribution in [0.15, 0.2) is 0 Å². The van der Waals surface area contributed by atoms with Crippen LogP contribution in [0, 0.1) is 0 Å². The summed E-state index contributed by atoms with van der Waals surface area (Å²) >= 11 is 0. The van der Waals surface area contributed by atoms with Gasteiger partial charge < -0.3 is 18.9 Å². The molecule has 0 aromatic rings. The first-order valence-corrected chi connectivity index (χ1v) is 11.2. The fraction of sp³-hybridized carbons (Fsp3) is 0.955. The molecule has 0 aliphatic rings. The van der Waals surface area contributed by atoms with Crippen LogP contribution in [-0.4, -0.2) is 52.2 Å². The minimum atomic E-state index is -0.114. The lowest BCUT2D eigenvalue weighted by atomic mass is 10.1. The average molecular weight is 389 g/mol. The second kappa shape index (κ2) is 23.4. The van der Waals surface area contributed by atoms with Crippen LogP contribution in [0.25, 0.3) is 0 Å². The van der Waals surface area contributed by atoms with Crippen molar-refractivity contribution in [2.45, 2.75) is 90.9 Å². The molecule has 0 fully saturated rings. The van der Waals surface area contributed by atoms with Crippen molar-refractivity contribution in [3.05, 3.63) is 0 Å². The zero-order valence-corrected chi connectivity index (χ0v) is 18.0. The van der Waals surface area contributed by atoms with Gasteiger partial charge in [0.15, 0.2) is 0 Å². The molecule has 0 saturated carbocycles. The lowest BCUT2D eigenvalue weighted by molar-refractivity contribution is -0.145. The Morgan fingerprint density at radius 1 is 0.519 bits per heavy atom. The van der Waals surface area contributed by atoms with E-state index in [0.717, 1.165) is 25.9 Å². The third-order valence-corrected chi connectivity index (χ3v) is 4.36. The topological polar surface area (TPSA) is 54.0 Å². The Labute approximate surface area is 167 Å².